The number of fused-ring (bicyclic) bond motifs is 1. The summed E-state index contributed by atoms with van der Waals surface area (Å²) in [6.45, 7) is 2.83. The van der Waals surface area contributed by atoms with Gasteiger partial charge < -0.3 is 20.1 Å². The Hall–Kier alpha value is -2.95. The van der Waals surface area contributed by atoms with Gasteiger partial charge in [0.1, 0.15) is 12.4 Å². The Morgan fingerprint density at radius 1 is 1.16 bits per heavy atom. The minimum Gasteiger partial charge on any atom is -0.508 e. The Labute approximate surface area is 146 Å². The Bertz CT molecular complexity index is 853. The molecule has 2 aromatic carbocycles. The molecule has 3 aromatic rings. The molecule has 1 heterocycles. The van der Waals surface area contributed by atoms with E-state index < -0.39 is 6.09 Å². The molecule has 3 N–H and O–H groups in total. The second kappa shape index (κ2) is 7.75. The van der Waals surface area contributed by atoms with Gasteiger partial charge in [-0.1, -0.05) is 31.2 Å². The van der Waals surface area contributed by atoms with Gasteiger partial charge in [0, 0.05) is 23.6 Å². The molecule has 1 amide bonds. The SMILES string of the molecule is CCc1ccc(COC(=O)NCCc2c[nH]c3ccc(O)cc23)cc1. The molecule has 25 heavy (non-hydrogen) atoms. The molecular formula is C20H22N2O3. The first-order valence-corrected chi connectivity index (χ1v) is 8.43. The lowest BCUT2D eigenvalue weighted by molar-refractivity contribution is 0.140. The average molecular weight is 338 g/mol. The molecular weight excluding hydrogens is 316 g/mol. The lowest BCUT2D eigenvalue weighted by Gasteiger charge is -2.07. The van der Waals surface area contributed by atoms with Gasteiger partial charge in [0.05, 0.1) is 0 Å². The number of amides is 1. The standard InChI is InChI=1S/C20H22N2O3/c1-2-14-3-5-15(6-4-14)13-25-20(24)21-10-9-16-12-22-19-8-7-17(23)11-18(16)19/h3-8,11-12,22-23H,2,9-10,13H2,1H3,(H,21,24). The number of ether oxygens (including phenoxy) is 1. The zero-order valence-electron chi connectivity index (χ0n) is 14.2. The summed E-state index contributed by atoms with van der Waals surface area (Å²) in [5, 5.41) is 13.3. The molecule has 0 fully saturated rings. The highest BCUT2D eigenvalue weighted by atomic mass is 16.5. The van der Waals surface area contributed by atoms with Crippen molar-refractivity contribution in [2.45, 2.75) is 26.4 Å². The third-order valence-electron chi connectivity index (χ3n) is 4.22. The Morgan fingerprint density at radius 2 is 1.92 bits per heavy atom. The van der Waals surface area contributed by atoms with Crippen LogP contribution in [0.4, 0.5) is 4.79 Å². The van der Waals surface area contributed by atoms with Crippen LogP contribution in [0, 0.1) is 0 Å². The number of carbonyl (C=O) groups excluding carboxylic acids is 1. The van der Waals surface area contributed by atoms with Crippen molar-refractivity contribution >= 4 is 17.0 Å². The van der Waals surface area contributed by atoms with Crippen molar-refractivity contribution in [3.8, 4) is 5.75 Å². The van der Waals surface area contributed by atoms with E-state index in [2.05, 4.69) is 17.2 Å². The molecule has 0 bridgehead atoms. The summed E-state index contributed by atoms with van der Waals surface area (Å²) in [5.41, 5.74) is 4.24. The van der Waals surface area contributed by atoms with Crippen molar-refractivity contribution < 1.29 is 14.6 Å². The van der Waals surface area contributed by atoms with Crippen molar-refractivity contribution in [2.75, 3.05) is 6.54 Å². The molecule has 0 aliphatic carbocycles. The maximum Gasteiger partial charge on any atom is 0.407 e. The number of aryl methyl sites for hydroxylation is 1. The molecule has 0 unspecified atom stereocenters. The number of hydrogen-bond donors (Lipinski definition) is 3. The summed E-state index contributed by atoms with van der Waals surface area (Å²) >= 11 is 0. The molecule has 130 valence electrons. The van der Waals surface area contributed by atoms with E-state index in [0.717, 1.165) is 28.5 Å². The maximum absolute atomic E-state index is 11.8. The number of aromatic hydroxyl groups is 1. The van der Waals surface area contributed by atoms with Crippen molar-refractivity contribution in [2.24, 2.45) is 0 Å². The largest absolute Gasteiger partial charge is 0.508 e. The van der Waals surface area contributed by atoms with E-state index in [1.54, 1.807) is 12.1 Å². The molecule has 1 aromatic heterocycles. The fourth-order valence-corrected chi connectivity index (χ4v) is 2.74. The number of hydrogen-bond acceptors (Lipinski definition) is 3. The zero-order chi connectivity index (χ0) is 17.6. The topological polar surface area (TPSA) is 74.3 Å². The highest BCUT2D eigenvalue weighted by Crippen LogP contribution is 2.23. The summed E-state index contributed by atoms with van der Waals surface area (Å²) in [5.74, 6) is 0.231. The van der Waals surface area contributed by atoms with Crippen molar-refractivity contribution in [1.82, 2.24) is 10.3 Å². The van der Waals surface area contributed by atoms with Gasteiger partial charge in [-0.25, -0.2) is 4.79 Å². The quantitative estimate of drug-likeness (QED) is 0.638. The third kappa shape index (κ3) is 4.32. The predicted octanol–water partition coefficient (Wildman–Crippen LogP) is 3.90. The Balaban J connectivity index is 1.46. The molecule has 0 saturated heterocycles. The fourth-order valence-electron chi connectivity index (χ4n) is 2.74. The summed E-state index contributed by atoms with van der Waals surface area (Å²) in [7, 11) is 0. The molecule has 0 atom stereocenters. The average Bonchev–Trinajstić information content (AvgIpc) is 3.02. The molecule has 0 aliphatic heterocycles. The molecule has 0 aliphatic rings. The van der Waals surface area contributed by atoms with Gasteiger partial charge in [0.15, 0.2) is 0 Å². The molecule has 0 spiro atoms. The number of phenolic OH excluding ortho intramolecular Hbond substituents is 1. The first kappa shape index (κ1) is 16.9. The Morgan fingerprint density at radius 3 is 2.68 bits per heavy atom. The van der Waals surface area contributed by atoms with Gasteiger partial charge in [0.2, 0.25) is 0 Å². The number of aromatic nitrogens is 1. The smallest absolute Gasteiger partial charge is 0.407 e. The highest BCUT2D eigenvalue weighted by Gasteiger charge is 2.06. The molecule has 5 heteroatoms. The van der Waals surface area contributed by atoms with Crippen LogP contribution in [0.15, 0.2) is 48.7 Å². The molecule has 3 rings (SSSR count). The van der Waals surface area contributed by atoms with Gasteiger partial charge in [-0.15, -0.1) is 0 Å². The van der Waals surface area contributed by atoms with Crippen LogP contribution in [0.25, 0.3) is 10.9 Å². The van der Waals surface area contributed by atoms with Gasteiger partial charge >= 0.3 is 6.09 Å². The van der Waals surface area contributed by atoms with Crippen LogP contribution in [0.5, 0.6) is 5.75 Å². The van der Waals surface area contributed by atoms with Crippen LogP contribution in [0.2, 0.25) is 0 Å². The lowest BCUT2D eigenvalue weighted by atomic mass is 10.1. The first-order valence-electron chi connectivity index (χ1n) is 8.43. The summed E-state index contributed by atoms with van der Waals surface area (Å²) in [4.78, 5) is 15.0. The summed E-state index contributed by atoms with van der Waals surface area (Å²) < 4.78 is 5.23. The van der Waals surface area contributed by atoms with Crippen LogP contribution in [0.3, 0.4) is 0 Å². The summed E-state index contributed by atoms with van der Waals surface area (Å²) in [6.07, 6.45) is 3.12. The molecule has 0 radical (unpaired) electrons. The second-order valence-corrected chi connectivity index (χ2v) is 5.97. The van der Waals surface area contributed by atoms with Crippen molar-refractivity contribution in [1.29, 1.82) is 0 Å². The van der Waals surface area contributed by atoms with E-state index in [0.29, 0.717) is 13.0 Å². The number of rotatable bonds is 6. The number of benzene rings is 2. The zero-order valence-corrected chi connectivity index (χ0v) is 14.2. The number of carbonyl (C=O) groups is 1. The van der Waals surface area contributed by atoms with Crippen LogP contribution in [0.1, 0.15) is 23.6 Å². The number of phenols is 1. The van der Waals surface area contributed by atoms with Crippen LogP contribution < -0.4 is 5.32 Å². The van der Waals surface area contributed by atoms with Gasteiger partial charge in [-0.2, -0.15) is 0 Å². The lowest BCUT2D eigenvalue weighted by Crippen LogP contribution is -2.26. The number of H-pyrrole nitrogens is 1. The number of nitrogens with one attached hydrogen (secondary N) is 2. The maximum atomic E-state index is 11.8. The third-order valence-corrected chi connectivity index (χ3v) is 4.22. The number of aromatic amines is 1. The van der Waals surface area contributed by atoms with Gasteiger partial charge in [-0.3, -0.25) is 0 Å². The second-order valence-electron chi connectivity index (χ2n) is 5.97. The minimum atomic E-state index is -0.428. The fraction of sp³-hybridized carbons (Fsp3) is 0.250. The van der Waals surface area contributed by atoms with Crippen molar-refractivity contribution in [3.05, 3.63) is 65.4 Å². The van der Waals surface area contributed by atoms with E-state index in [4.69, 9.17) is 4.74 Å². The normalized spacial score (nSPS) is 10.8. The van der Waals surface area contributed by atoms with Crippen LogP contribution >= 0.6 is 0 Å². The predicted molar refractivity (Wildman–Crippen MR) is 97.7 cm³/mol. The van der Waals surface area contributed by atoms with Crippen molar-refractivity contribution in [3.63, 3.8) is 0 Å². The van der Waals surface area contributed by atoms with Gasteiger partial charge in [0.25, 0.3) is 0 Å². The van der Waals surface area contributed by atoms with Crippen LogP contribution in [-0.2, 0) is 24.2 Å². The monoisotopic (exact) mass is 338 g/mol. The van der Waals surface area contributed by atoms with E-state index in [1.807, 2.05) is 36.5 Å². The molecule has 5 nitrogen and oxygen atoms in total. The van der Waals surface area contributed by atoms with E-state index >= 15 is 0 Å². The van der Waals surface area contributed by atoms with E-state index in [9.17, 15) is 9.90 Å². The summed E-state index contributed by atoms with van der Waals surface area (Å²) in [6, 6.07) is 13.2. The highest BCUT2D eigenvalue weighted by molar-refractivity contribution is 5.84. The minimum absolute atomic E-state index is 0.231. The number of alkyl carbamates (subject to hydrolysis) is 1. The van der Waals surface area contributed by atoms with E-state index in [1.165, 1.54) is 5.56 Å². The Kier molecular flexibility index (Phi) is 5.23. The van der Waals surface area contributed by atoms with Gasteiger partial charge in [-0.05, 0) is 47.7 Å². The first-order chi connectivity index (χ1) is 12.2. The molecule has 0 saturated carbocycles. The van der Waals surface area contributed by atoms with Crippen LogP contribution in [-0.4, -0.2) is 22.7 Å². The van der Waals surface area contributed by atoms with E-state index in [-0.39, 0.29) is 12.4 Å².